The second kappa shape index (κ2) is 8.17. The number of nitrogens with zero attached hydrogens (tertiary/aromatic N) is 1. The van der Waals surface area contributed by atoms with Gasteiger partial charge in [0.25, 0.3) is 0 Å². The summed E-state index contributed by atoms with van der Waals surface area (Å²) in [6, 6.07) is 7.41. The monoisotopic (exact) mass is 426 g/mol. The molecule has 0 saturated heterocycles. The van der Waals surface area contributed by atoms with Gasteiger partial charge in [0.1, 0.15) is 5.82 Å². The summed E-state index contributed by atoms with van der Waals surface area (Å²) in [4.78, 5) is 24.9. The van der Waals surface area contributed by atoms with Crippen LogP contribution in [0.5, 0.6) is 5.75 Å². The molecule has 3 N–H and O–H groups in total. The molecule has 0 spiro atoms. The minimum atomic E-state index is -0.643. The van der Waals surface area contributed by atoms with E-state index in [4.69, 9.17) is 4.74 Å². The quantitative estimate of drug-likeness (QED) is 0.579. The lowest BCUT2D eigenvalue weighted by Crippen LogP contribution is -2.32. The molecule has 1 unspecified atom stereocenters. The first-order valence-electron chi connectivity index (χ1n) is 9.61. The van der Waals surface area contributed by atoms with Gasteiger partial charge in [-0.2, -0.15) is 5.10 Å². The van der Waals surface area contributed by atoms with E-state index >= 15 is 0 Å². The van der Waals surface area contributed by atoms with E-state index in [1.165, 1.54) is 31.5 Å². The number of amides is 2. The van der Waals surface area contributed by atoms with Gasteiger partial charge >= 0.3 is 0 Å². The van der Waals surface area contributed by atoms with Crippen molar-refractivity contribution in [2.75, 3.05) is 12.4 Å². The van der Waals surface area contributed by atoms with Crippen molar-refractivity contribution >= 4 is 28.4 Å². The number of methoxy groups -OCH3 is 1. The Morgan fingerprint density at radius 1 is 1.32 bits per heavy atom. The van der Waals surface area contributed by atoms with Crippen molar-refractivity contribution < 1.29 is 23.1 Å². The van der Waals surface area contributed by atoms with Crippen LogP contribution in [0.15, 0.2) is 47.8 Å². The van der Waals surface area contributed by atoms with Crippen LogP contribution in [-0.4, -0.2) is 29.1 Å². The predicted octanol–water partition coefficient (Wildman–Crippen LogP) is 3.76. The Kier molecular flexibility index (Phi) is 5.41. The van der Waals surface area contributed by atoms with E-state index in [1.807, 2.05) is 0 Å². The molecule has 9 heteroatoms. The van der Waals surface area contributed by atoms with Gasteiger partial charge in [-0.1, -0.05) is 12.1 Å². The zero-order valence-corrected chi connectivity index (χ0v) is 16.9. The summed E-state index contributed by atoms with van der Waals surface area (Å²) in [5.74, 6) is -2.53. The lowest BCUT2D eigenvalue weighted by Gasteiger charge is -2.28. The van der Waals surface area contributed by atoms with Crippen LogP contribution >= 0.6 is 0 Å². The standard InChI is InChI=1S/C22H20F2N4O3/c1-11-14(7-21(30)27-18-6-12-10-25-28-17(12)9-16(18)23)15(8-20(29)26-11)13-4-3-5-19(31-2)22(13)24/h3-6,9-10,15H,7-8H2,1-2H3,(H,25,28)(H,26,29)(H,27,30). The van der Waals surface area contributed by atoms with Crippen molar-refractivity contribution in [1.82, 2.24) is 15.5 Å². The van der Waals surface area contributed by atoms with Crippen LogP contribution < -0.4 is 15.4 Å². The van der Waals surface area contributed by atoms with E-state index in [-0.39, 0.29) is 35.7 Å². The van der Waals surface area contributed by atoms with Gasteiger partial charge in [0.15, 0.2) is 11.6 Å². The number of rotatable bonds is 5. The number of fused-ring (bicyclic) bond motifs is 1. The normalized spacial score (nSPS) is 16.4. The third-order valence-corrected chi connectivity index (χ3v) is 5.36. The third kappa shape index (κ3) is 3.98. The number of hydrogen-bond acceptors (Lipinski definition) is 4. The number of aromatic amines is 1. The van der Waals surface area contributed by atoms with E-state index in [1.54, 1.807) is 19.1 Å². The maximum absolute atomic E-state index is 14.9. The summed E-state index contributed by atoms with van der Waals surface area (Å²) in [7, 11) is 1.36. The molecule has 7 nitrogen and oxygen atoms in total. The maximum atomic E-state index is 14.9. The molecule has 3 aromatic rings. The lowest BCUT2D eigenvalue weighted by atomic mass is 9.82. The molecule has 4 rings (SSSR count). The second-order valence-electron chi connectivity index (χ2n) is 7.33. The number of H-pyrrole nitrogens is 1. The molecule has 1 aliphatic rings. The first-order chi connectivity index (χ1) is 14.9. The first kappa shape index (κ1) is 20.5. The van der Waals surface area contributed by atoms with E-state index in [0.29, 0.717) is 22.2 Å². The summed E-state index contributed by atoms with van der Waals surface area (Å²) in [5, 5.41) is 12.4. The average Bonchev–Trinajstić information content (AvgIpc) is 3.17. The van der Waals surface area contributed by atoms with E-state index < -0.39 is 23.5 Å². The molecule has 1 atom stereocenters. The summed E-state index contributed by atoms with van der Waals surface area (Å²) >= 11 is 0. The number of carbonyl (C=O) groups excluding carboxylic acids is 2. The van der Waals surface area contributed by atoms with Gasteiger partial charge in [0, 0.05) is 29.5 Å². The molecule has 160 valence electrons. The van der Waals surface area contributed by atoms with Crippen LogP contribution in [0.2, 0.25) is 0 Å². The molecule has 0 bridgehead atoms. The number of hydrogen-bond donors (Lipinski definition) is 3. The van der Waals surface area contributed by atoms with E-state index in [0.717, 1.165) is 0 Å². The van der Waals surface area contributed by atoms with Crippen LogP contribution in [0.4, 0.5) is 14.5 Å². The summed E-state index contributed by atoms with van der Waals surface area (Å²) in [6.45, 7) is 1.66. The number of ether oxygens (including phenoxy) is 1. The fourth-order valence-electron chi connectivity index (χ4n) is 3.85. The summed E-state index contributed by atoms with van der Waals surface area (Å²) in [5.41, 5.74) is 1.82. The van der Waals surface area contributed by atoms with Gasteiger partial charge in [0.05, 0.1) is 30.9 Å². The lowest BCUT2D eigenvalue weighted by molar-refractivity contribution is -0.121. The fourth-order valence-corrected chi connectivity index (χ4v) is 3.85. The molecule has 1 aromatic heterocycles. The molecule has 2 amide bonds. The van der Waals surface area contributed by atoms with E-state index in [2.05, 4.69) is 20.8 Å². The molecule has 0 saturated carbocycles. The molecular formula is C22H20F2N4O3. The van der Waals surface area contributed by atoms with Gasteiger partial charge in [-0.15, -0.1) is 0 Å². The SMILES string of the molecule is COc1cccc(C2CC(=O)NC(C)=C2CC(=O)Nc2cc3cn[nH]c3cc2F)c1F. The molecule has 2 heterocycles. The summed E-state index contributed by atoms with van der Waals surface area (Å²) < 4.78 is 34.3. The number of aromatic nitrogens is 2. The van der Waals surface area contributed by atoms with Crippen molar-refractivity contribution in [3.63, 3.8) is 0 Å². The van der Waals surface area contributed by atoms with Crippen molar-refractivity contribution in [2.24, 2.45) is 0 Å². The topological polar surface area (TPSA) is 96.1 Å². The maximum Gasteiger partial charge on any atom is 0.228 e. The van der Waals surface area contributed by atoms with Crippen LogP contribution in [-0.2, 0) is 9.59 Å². The van der Waals surface area contributed by atoms with Crippen molar-refractivity contribution in [1.29, 1.82) is 0 Å². The van der Waals surface area contributed by atoms with Crippen LogP contribution in [0.1, 0.15) is 31.2 Å². The first-order valence-corrected chi connectivity index (χ1v) is 9.61. The van der Waals surface area contributed by atoms with Gasteiger partial charge in [-0.25, -0.2) is 8.78 Å². The smallest absolute Gasteiger partial charge is 0.228 e. The van der Waals surface area contributed by atoms with Crippen molar-refractivity contribution in [3.8, 4) is 5.75 Å². The van der Waals surface area contributed by atoms with Gasteiger partial charge in [0.2, 0.25) is 11.8 Å². The highest BCUT2D eigenvalue weighted by Gasteiger charge is 2.31. The zero-order chi connectivity index (χ0) is 22.1. The van der Waals surface area contributed by atoms with Crippen LogP contribution in [0.25, 0.3) is 10.9 Å². The fraction of sp³-hybridized carbons (Fsp3) is 0.227. The van der Waals surface area contributed by atoms with Crippen LogP contribution in [0, 0.1) is 11.6 Å². The highest BCUT2D eigenvalue weighted by Crippen LogP contribution is 2.38. The van der Waals surface area contributed by atoms with Crippen molar-refractivity contribution in [3.05, 3.63) is 65.0 Å². The molecule has 0 aliphatic carbocycles. The highest BCUT2D eigenvalue weighted by atomic mass is 19.1. The Labute approximate surface area is 176 Å². The predicted molar refractivity (Wildman–Crippen MR) is 110 cm³/mol. The van der Waals surface area contributed by atoms with Crippen LogP contribution in [0.3, 0.4) is 0 Å². The number of anilines is 1. The third-order valence-electron chi connectivity index (χ3n) is 5.36. The number of nitrogens with one attached hydrogen (secondary N) is 3. The highest BCUT2D eigenvalue weighted by molar-refractivity contribution is 5.95. The molecule has 0 fully saturated rings. The molecule has 0 radical (unpaired) electrons. The number of allylic oxidation sites excluding steroid dienone is 1. The number of halogens is 2. The minimum Gasteiger partial charge on any atom is -0.494 e. The molecule has 31 heavy (non-hydrogen) atoms. The van der Waals surface area contributed by atoms with Gasteiger partial charge < -0.3 is 15.4 Å². The molecule has 1 aliphatic heterocycles. The Balaban J connectivity index is 1.62. The van der Waals surface area contributed by atoms with Gasteiger partial charge in [-0.3, -0.25) is 14.7 Å². The second-order valence-corrected chi connectivity index (χ2v) is 7.33. The molecular weight excluding hydrogens is 406 g/mol. The minimum absolute atomic E-state index is 0.0145. The largest absolute Gasteiger partial charge is 0.494 e. The van der Waals surface area contributed by atoms with Crippen molar-refractivity contribution in [2.45, 2.75) is 25.7 Å². The van der Waals surface area contributed by atoms with E-state index in [9.17, 15) is 18.4 Å². The van der Waals surface area contributed by atoms with Gasteiger partial charge in [-0.05, 0) is 30.2 Å². The molecule has 2 aromatic carbocycles. The Hall–Kier alpha value is -3.75. The number of benzene rings is 2. The summed E-state index contributed by atoms with van der Waals surface area (Å²) in [6.07, 6.45) is 1.37. The number of carbonyl (C=O) groups is 2. The Morgan fingerprint density at radius 3 is 2.90 bits per heavy atom. The average molecular weight is 426 g/mol. The Bertz CT molecular complexity index is 1220. The zero-order valence-electron chi connectivity index (χ0n) is 16.9. The Morgan fingerprint density at radius 2 is 2.13 bits per heavy atom.